The number of anilines is 3. The van der Waals surface area contributed by atoms with Crippen molar-refractivity contribution in [2.45, 2.75) is 12.8 Å². The molecule has 0 radical (unpaired) electrons. The second kappa shape index (κ2) is 11.1. The molecule has 1 aliphatic rings. The van der Waals surface area contributed by atoms with E-state index >= 15 is 0 Å². The van der Waals surface area contributed by atoms with Crippen LogP contribution in [-0.2, 0) is 17.6 Å². The number of carbonyl (C=O) groups is 1. The third-order valence-electron chi connectivity index (χ3n) is 7.98. The summed E-state index contributed by atoms with van der Waals surface area (Å²) in [6.07, 6.45) is 3.31. The van der Waals surface area contributed by atoms with Gasteiger partial charge in [-0.25, -0.2) is 4.79 Å². The van der Waals surface area contributed by atoms with Crippen molar-refractivity contribution in [3.05, 3.63) is 143 Å². The normalized spacial score (nSPS) is 12.3. The number of nitriles is 1. The Bertz CT molecular complexity index is 2080. The Balaban J connectivity index is 1.25. The van der Waals surface area contributed by atoms with Crippen LogP contribution in [0.2, 0.25) is 0 Å². The molecule has 206 valence electrons. The molecule has 0 unspecified atom stereocenters. The average molecular weight is 575 g/mol. The maximum Gasteiger partial charge on any atom is 0.346 e. The third-order valence-corrected chi connectivity index (χ3v) is 9.06. The molecule has 0 atom stereocenters. The van der Waals surface area contributed by atoms with Crippen LogP contribution in [0.3, 0.4) is 0 Å². The number of para-hydroxylation sites is 1. The fraction of sp³-hybridized carbons (Fsp3) is 0.0526. The van der Waals surface area contributed by atoms with E-state index in [-0.39, 0.29) is 5.57 Å². The van der Waals surface area contributed by atoms with Crippen LogP contribution in [0.1, 0.15) is 16.0 Å². The van der Waals surface area contributed by atoms with Crippen molar-refractivity contribution in [2.75, 3.05) is 4.90 Å². The van der Waals surface area contributed by atoms with E-state index in [0.717, 1.165) is 45.2 Å². The van der Waals surface area contributed by atoms with E-state index in [1.165, 1.54) is 50.4 Å². The first-order chi connectivity index (χ1) is 21.1. The molecule has 5 heteroatoms. The Labute approximate surface area is 254 Å². The van der Waals surface area contributed by atoms with E-state index in [1.807, 2.05) is 12.1 Å². The van der Waals surface area contributed by atoms with Gasteiger partial charge in [-0.05, 0) is 101 Å². The maximum absolute atomic E-state index is 11.2. The molecule has 1 aromatic heterocycles. The topological polar surface area (TPSA) is 64.3 Å². The molecular weight excluding hydrogens is 548 g/mol. The largest absolute Gasteiger partial charge is 0.477 e. The monoisotopic (exact) mass is 574 g/mol. The van der Waals surface area contributed by atoms with Crippen LogP contribution in [0.4, 0.5) is 17.1 Å². The summed E-state index contributed by atoms with van der Waals surface area (Å²) in [5.74, 6) is -1.21. The van der Waals surface area contributed by atoms with E-state index < -0.39 is 5.97 Å². The van der Waals surface area contributed by atoms with Gasteiger partial charge in [0.05, 0.1) is 5.69 Å². The Morgan fingerprint density at radius 2 is 1.49 bits per heavy atom. The van der Waals surface area contributed by atoms with Gasteiger partial charge in [0.2, 0.25) is 0 Å². The van der Waals surface area contributed by atoms with E-state index in [4.69, 9.17) is 5.26 Å². The summed E-state index contributed by atoms with van der Waals surface area (Å²) in [5, 5.41) is 20.7. The van der Waals surface area contributed by atoms with Gasteiger partial charge in [0.25, 0.3) is 0 Å². The van der Waals surface area contributed by atoms with Gasteiger partial charge in [-0.15, -0.1) is 11.3 Å². The highest BCUT2D eigenvalue weighted by atomic mass is 32.1. The number of thiophene rings is 1. The molecule has 0 bridgehead atoms. The van der Waals surface area contributed by atoms with Crippen LogP contribution in [0.25, 0.3) is 38.4 Å². The van der Waals surface area contributed by atoms with Gasteiger partial charge in [-0.2, -0.15) is 5.26 Å². The lowest BCUT2D eigenvalue weighted by Gasteiger charge is -2.29. The second-order valence-corrected chi connectivity index (χ2v) is 11.7. The molecule has 7 rings (SSSR count). The van der Waals surface area contributed by atoms with Crippen molar-refractivity contribution < 1.29 is 9.90 Å². The first kappa shape index (κ1) is 26.5. The minimum atomic E-state index is -1.21. The van der Waals surface area contributed by atoms with Crippen molar-refractivity contribution in [1.82, 2.24) is 0 Å². The van der Waals surface area contributed by atoms with E-state index in [1.54, 1.807) is 6.07 Å². The standard InChI is InChI=1S/C38H26N2O2S/c39-24-29(38(41)42)23-32-17-20-37(43-32)28-15-18-33-26(21-28)13-14-27-22-31(16-19-34(27)33)40(30-9-2-1-3-10-30)36-12-6-8-25-7-4-5-11-35(25)36/h1-12,15-23H,13-14H2,(H,41,42)/b29-23+. The molecule has 0 fully saturated rings. The summed E-state index contributed by atoms with van der Waals surface area (Å²) in [4.78, 5) is 15.4. The number of benzene rings is 5. The lowest BCUT2D eigenvalue weighted by Crippen LogP contribution is -2.12. The number of nitrogens with zero attached hydrogens (tertiary/aromatic N) is 2. The van der Waals surface area contributed by atoms with Gasteiger partial charge < -0.3 is 10.0 Å². The van der Waals surface area contributed by atoms with Crippen LogP contribution in [0.15, 0.2) is 127 Å². The molecule has 1 aliphatic carbocycles. The minimum absolute atomic E-state index is 0.263. The molecule has 0 amide bonds. The van der Waals surface area contributed by atoms with Crippen LogP contribution < -0.4 is 4.90 Å². The molecule has 5 aromatic carbocycles. The van der Waals surface area contributed by atoms with E-state index in [0.29, 0.717) is 0 Å². The van der Waals surface area contributed by atoms with Crippen LogP contribution in [0, 0.1) is 11.3 Å². The minimum Gasteiger partial charge on any atom is -0.477 e. The van der Waals surface area contributed by atoms with E-state index in [2.05, 4.69) is 114 Å². The SMILES string of the molecule is N#C/C(=C\c1ccc(-c2ccc3c(c2)CCc2cc(N(c4ccccc4)c4cccc5ccccc45)ccc2-3)s1)C(=O)O. The molecule has 0 saturated heterocycles. The van der Waals surface area contributed by atoms with Gasteiger partial charge in [-0.1, -0.05) is 72.8 Å². The maximum atomic E-state index is 11.2. The van der Waals surface area contributed by atoms with Gasteiger partial charge in [0, 0.05) is 26.5 Å². The van der Waals surface area contributed by atoms with Crippen LogP contribution >= 0.6 is 11.3 Å². The molecule has 4 nitrogen and oxygen atoms in total. The number of aryl methyl sites for hydroxylation is 2. The lowest BCUT2D eigenvalue weighted by atomic mass is 9.84. The van der Waals surface area contributed by atoms with Crippen molar-refractivity contribution >= 4 is 51.2 Å². The summed E-state index contributed by atoms with van der Waals surface area (Å²) < 4.78 is 0. The highest BCUT2D eigenvalue weighted by Gasteiger charge is 2.21. The smallest absolute Gasteiger partial charge is 0.346 e. The van der Waals surface area contributed by atoms with Crippen LogP contribution in [0.5, 0.6) is 0 Å². The zero-order valence-corrected chi connectivity index (χ0v) is 24.0. The molecule has 0 spiro atoms. The number of aliphatic carboxylic acids is 1. The molecule has 6 aromatic rings. The zero-order chi connectivity index (χ0) is 29.3. The predicted octanol–water partition coefficient (Wildman–Crippen LogP) is 9.80. The Kier molecular flexibility index (Phi) is 6.82. The Hall–Kier alpha value is -5.44. The van der Waals surface area contributed by atoms with Gasteiger partial charge in [-0.3, -0.25) is 0 Å². The lowest BCUT2D eigenvalue weighted by molar-refractivity contribution is -0.132. The highest BCUT2D eigenvalue weighted by Crippen LogP contribution is 2.43. The van der Waals surface area contributed by atoms with Crippen molar-refractivity contribution in [3.63, 3.8) is 0 Å². The number of hydrogen-bond donors (Lipinski definition) is 1. The highest BCUT2D eigenvalue weighted by molar-refractivity contribution is 7.16. The first-order valence-electron chi connectivity index (χ1n) is 14.1. The van der Waals surface area contributed by atoms with Crippen molar-refractivity contribution in [2.24, 2.45) is 0 Å². The summed E-state index contributed by atoms with van der Waals surface area (Å²) >= 11 is 1.49. The Morgan fingerprint density at radius 1 is 0.767 bits per heavy atom. The number of fused-ring (bicyclic) bond motifs is 4. The first-order valence-corrected chi connectivity index (χ1v) is 15.0. The summed E-state index contributed by atoms with van der Waals surface area (Å²) in [7, 11) is 0. The quantitative estimate of drug-likeness (QED) is 0.159. The second-order valence-electron chi connectivity index (χ2n) is 10.6. The number of hydrogen-bond acceptors (Lipinski definition) is 4. The molecular formula is C38H26N2O2S. The number of carboxylic acid groups (broad SMARTS) is 1. The molecule has 1 N–H and O–H groups in total. The van der Waals surface area contributed by atoms with Gasteiger partial charge >= 0.3 is 5.97 Å². The zero-order valence-electron chi connectivity index (χ0n) is 23.2. The predicted molar refractivity (Wildman–Crippen MR) is 176 cm³/mol. The summed E-state index contributed by atoms with van der Waals surface area (Å²) in [6.45, 7) is 0. The number of rotatable bonds is 6. The summed E-state index contributed by atoms with van der Waals surface area (Å²) in [6, 6.07) is 44.6. The average Bonchev–Trinajstić information content (AvgIpc) is 3.52. The van der Waals surface area contributed by atoms with Gasteiger partial charge in [0.1, 0.15) is 11.6 Å². The molecule has 43 heavy (non-hydrogen) atoms. The molecule has 0 aliphatic heterocycles. The third kappa shape index (κ3) is 4.99. The van der Waals surface area contributed by atoms with E-state index in [9.17, 15) is 9.90 Å². The number of carboxylic acids is 1. The van der Waals surface area contributed by atoms with Crippen molar-refractivity contribution in [1.29, 1.82) is 5.26 Å². The fourth-order valence-electron chi connectivity index (χ4n) is 5.95. The summed E-state index contributed by atoms with van der Waals surface area (Å²) in [5.41, 5.74) is 9.40. The molecule has 1 heterocycles. The van der Waals surface area contributed by atoms with Crippen LogP contribution in [-0.4, -0.2) is 11.1 Å². The Morgan fingerprint density at radius 3 is 2.28 bits per heavy atom. The fourth-order valence-corrected chi connectivity index (χ4v) is 6.90. The van der Waals surface area contributed by atoms with Gasteiger partial charge in [0.15, 0.2) is 0 Å². The van der Waals surface area contributed by atoms with Crippen molar-refractivity contribution in [3.8, 4) is 27.6 Å². The molecule has 0 saturated carbocycles.